The maximum Gasteiger partial charge on any atom is 0.416 e. The molecule has 7 nitrogen and oxygen atoms in total. The van der Waals surface area contributed by atoms with E-state index in [1.807, 2.05) is 0 Å². The van der Waals surface area contributed by atoms with Crippen LogP contribution in [0.4, 0.5) is 24.7 Å². The number of nitrogens with two attached hydrogens (primary N) is 1. The lowest BCUT2D eigenvalue weighted by molar-refractivity contribution is -0.137. The lowest BCUT2D eigenvalue weighted by Crippen LogP contribution is -2.16. The number of anilines is 2. The fraction of sp³-hybridized carbons (Fsp3) is 0.118. The Hall–Kier alpha value is -3.56. The molecule has 0 saturated carbocycles. The van der Waals surface area contributed by atoms with Gasteiger partial charge < -0.3 is 20.3 Å². The van der Waals surface area contributed by atoms with E-state index < -0.39 is 17.6 Å². The summed E-state index contributed by atoms with van der Waals surface area (Å²) in [4.78, 5) is 16.7. The molecule has 3 aromatic rings. The number of hydrogen-bond acceptors (Lipinski definition) is 6. The number of halogens is 3. The standard InChI is InChI=1S/C17H13F3N4O3/c1-26-12-6-5-9(17(18,19)20)8-11(12)23-16(25)13-14(24-27-15(13)21)10-4-2-3-7-22-10/h2-8H,21H2,1H3,(H,23,25). The molecule has 0 spiro atoms. The van der Waals surface area contributed by atoms with Crippen LogP contribution in [0.3, 0.4) is 0 Å². The highest BCUT2D eigenvalue weighted by atomic mass is 19.4. The number of benzene rings is 1. The number of methoxy groups -OCH3 is 1. The minimum absolute atomic E-state index is 0.0470. The number of carbonyl (C=O) groups is 1. The molecule has 1 amide bonds. The number of amides is 1. The number of nitrogens with one attached hydrogen (secondary N) is 1. The first kappa shape index (κ1) is 18.2. The minimum Gasteiger partial charge on any atom is -0.495 e. The molecule has 0 saturated heterocycles. The van der Waals surface area contributed by atoms with Crippen LogP contribution >= 0.6 is 0 Å². The maximum atomic E-state index is 13.0. The number of carbonyl (C=O) groups excluding carboxylic acids is 1. The SMILES string of the molecule is COc1ccc(C(F)(F)F)cc1NC(=O)c1c(-c2ccccn2)noc1N. The topological polar surface area (TPSA) is 103 Å². The lowest BCUT2D eigenvalue weighted by atomic mass is 10.1. The minimum atomic E-state index is -4.58. The van der Waals surface area contributed by atoms with E-state index in [1.165, 1.54) is 13.3 Å². The van der Waals surface area contributed by atoms with E-state index in [1.54, 1.807) is 18.2 Å². The van der Waals surface area contributed by atoms with Gasteiger partial charge in [0, 0.05) is 6.20 Å². The summed E-state index contributed by atoms with van der Waals surface area (Å²) in [5, 5.41) is 6.07. The molecule has 3 N–H and O–H groups in total. The van der Waals surface area contributed by atoms with Crippen molar-refractivity contribution in [3.8, 4) is 17.1 Å². The number of nitrogen functional groups attached to an aromatic ring is 1. The van der Waals surface area contributed by atoms with Gasteiger partial charge in [-0.1, -0.05) is 11.2 Å². The zero-order valence-corrected chi connectivity index (χ0v) is 13.9. The van der Waals surface area contributed by atoms with E-state index in [9.17, 15) is 18.0 Å². The Labute approximate surface area is 150 Å². The molecule has 2 heterocycles. The molecule has 1 aromatic carbocycles. The molecule has 10 heteroatoms. The van der Waals surface area contributed by atoms with Crippen LogP contribution in [0, 0.1) is 0 Å². The van der Waals surface area contributed by atoms with Crippen molar-refractivity contribution < 1.29 is 27.2 Å². The second-order valence-electron chi connectivity index (χ2n) is 5.35. The first-order valence-corrected chi connectivity index (χ1v) is 7.54. The Bertz CT molecular complexity index is 971. The Morgan fingerprint density at radius 1 is 1.26 bits per heavy atom. The van der Waals surface area contributed by atoms with Gasteiger partial charge in [-0.3, -0.25) is 9.78 Å². The molecule has 0 aliphatic heterocycles. The van der Waals surface area contributed by atoms with Crippen molar-refractivity contribution in [3.05, 3.63) is 53.7 Å². The number of nitrogens with zero attached hydrogens (tertiary/aromatic N) is 2. The van der Waals surface area contributed by atoms with Crippen molar-refractivity contribution in [1.29, 1.82) is 0 Å². The van der Waals surface area contributed by atoms with Crippen LogP contribution < -0.4 is 15.8 Å². The quantitative estimate of drug-likeness (QED) is 0.719. The molecular weight excluding hydrogens is 365 g/mol. The molecule has 3 rings (SSSR count). The number of hydrogen-bond donors (Lipinski definition) is 2. The van der Waals surface area contributed by atoms with Crippen LogP contribution in [-0.2, 0) is 6.18 Å². The van der Waals surface area contributed by atoms with Gasteiger partial charge in [0.05, 0.1) is 24.1 Å². The fourth-order valence-electron chi connectivity index (χ4n) is 2.37. The first-order valence-electron chi connectivity index (χ1n) is 7.54. The molecule has 0 atom stereocenters. The predicted molar refractivity (Wildman–Crippen MR) is 90.1 cm³/mol. The van der Waals surface area contributed by atoms with Crippen LogP contribution in [0.15, 0.2) is 47.1 Å². The Morgan fingerprint density at radius 3 is 2.67 bits per heavy atom. The van der Waals surface area contributed by atoms with Crippen LogP contribution in [0.25, 0.3) is 11.4 Å². The van der Waals surface area contributed by atoms with E-state index in [0.29, 0.717) is 5.69 Å². The summed E-state index contributed by atoms with van der Waals surface area (Å²) >= 11 is 0. The van der Waals surface area contributed by atoms with Gasteiger partial charge in [0.1, 0.15) is 17.0 Å². The molecule has 0 bridgehead atoms. The van der Waals surface area contributed by atoms with Crippen LogP contribution in [0.5, 0.6) is 5.75 Å². The van der Waals surface area contributed by atoms with Gasteiger partial charge in [-0.25, -0.2) is 0 Å². The number of aromatic nitrogens is 2. The molecule has 0 radical (unpaired) electrons. The summed E-state index contributed by atoms with van der Waals surface area (Å²) in [6.45, 7) is 0. The number of alkyl halides is 3. The molecule has 0 aliphatic carbocycles. The summed E-state index contributed by atoms with van der Waals surface area (Å²) in [6.07, 6.45) is -3.10. The molecule has 140 valence electrons. The largest absolute Gasteiger partial charge is 0.495 e. The van der Waals surface area contributed by atoms with E-state index in [-0.39, 0.29) is 28.6 Å². The second-order valence-corrected chi connectivity index (χ2v) is 5.35. The van der Waals surface area contributed by atoms with Crippen molar-refractivity contribution in [3.63, 3.8) is 0 Å². The fourth-order valence-corrected chi connectivity index (χ4v) is 2.37. The predicted octanol–water partition coefficient (Wildman–Crippen LogP) is 3.60. The average molecular weight is 378 g/mol. The highest BCUT2D eigenvalue weighted by Gasteiger charge is 2.32. The highest BCUT2D eigenvalue weighted by molar-refractivity contribution is 6.11. The van der Waals surface area contributed by atoms with Gasteiger partial charge in [0.2, 0.25) is 5.88 Å². The van der Waals surface area contributed by atoms with E-state index in [0.717, 1.165) is 18.2 Å². The summed E-state index contributed by atoms with van der Waals surface area (Å²) < 4.78 is 48.7. The van der Waals surface area contributed by atoms with Crippen molar-refractivity contribution in [2.24, 2.45) is 0 Å². The summed E-state index contributed by atoms with van der Waals surface area (Å²) in [5.41, 5.74) is 4.79. The maximum absolute atomic E-state index is 13.0. The summed E-state index contributed by atoms with van der Waals surface area (Å²) in [7, 11) is 1.27. The van der Waals surface area contributed by atoms with Crippen molar-refractivity contribution >= 4 is 17.5 Å². The smallest absolute Gasteiger partial charge is 0.416 e. The van der Waals surface area contributed by atoms with Crippen LogP contribution in [0.2, 0.25) is 0 Å². The molecule has 27 heavy (non-hydrogen) atoms. The molecule has 2 aromatic heterocycles. The van der Waals surface area contributed by atoms with Gasteiger partial charge in [0.15, 0.2) is 0 Å². The second kappa shape index (κ2) is 6.98. The third-order valence-electron chi connectivity index (χ3n) is 3.63. The summed E-state index contributed by atoms with van der Waals surface area (Å²) in [6, 6.07) is 7.64. The zero-order valence-electron chi connectivity index (χ0n) is 13.9. The molecule has 0 aliphatic rings. The summed E-state index contributed by atoms with van der Waals surface area (Å²) in [5.74, 6) is -1.06. The zero-order chi connectivity index (χ0) is 19.6. The van der Waals surface area contributed by atoms with Gasteiger partial charge >= 0.3 is 6.18 Å². The first-order chi connectivity index (χ1) is 12.8. The molecule has 0 fully saturated rings. The third kappa shape index (κ3) is 3.68. The van der Waals surface area contributed by atoms with Crippen molar-refractivity contribution in [2.75, 3.05) is 18.2 Å². The average Bonchev–Trinajstić information content (AvgIpc) is 3.03. The normalized spacial score (nSPS) is 11.3. The van der Waals surface area contributed by atoms with Gasteiger partial charge in [0.25, 0.3) is 5.91 Å². The Balaban J connectivity index is 1.99. The number of ether oxygens (including phenoxy) is 1. The number of rotatable bonds is 4. The lowest BCUT2D eigenvalue weighted by Gasteiger charge is -2.13. The number of pyridine rings is 1. The Morgan fingerprint density at radius 2 is 2.04 bits per heavy atom. The third-order valence-corrected chi connectivity index (χ3v) is 3.63. The van der Waals surface area contributed by atoms with E-state index in [2.05, 4.69) is 15.5 Å². The van der Waals surface area contributed by atoms with Gasteiger partial charge in [-0.2, -0.15) is 13.2 Å². The van der Waals surface area contributed by atoms with E-state index in [4.69, 9.17) is 15.0 Å². The van der Waals surface area contributed by atoms with Crippen LogP contribution in [0.1, 0.15) is 15.9 Å². The van der Waals surface area contributed by atoms with Crippen molar-refractivity contribution in [1.82, 2.24) is 10.1 Å². The van der Waals surface area contributed by atoms with Gasteiger partial charge in [-0.05, 0) is 30.3 Å². The molecular formula is C17H13F3N4O3. The molecule has 0 unspecified atom stereocenters. The monoisotopic (exact) mass is 378 g/mol. The van der Waals surface area contributed by atoms with E-state index >= 15 is 0 Å². The van der Waals surface area contributed by atoms with Crippen LogP contribution in [-0.4, -0.2) is 23.2 Å². The Kier molecular flexibility index (Phi) is 4.72. The van der Waals surface area contributed by atoms with Gasteiger partial charge in [-0.15, -0.1) is 0 Å². The highest BCUT2D eigenvalue weighted by Crippen LogP contribution is 2.35. The van der Waals surface area contributed by atoms with Crippen molar-refractivity contribution in [2.45, 2.75) is 6.18 Å².